The quantitative estimate of drug-likeness (QED) is 0.698. The van der Waals surface area contributed by atoms with E-state index in [1.807, 2.05) is 11.3 Å². The van der Waals surface area contributed by atoms with Gasteiger partial charge in [-0.15, -0.1) is 11.3 Å². The maximum Gasteiger partial charge on any atom is 0.0112 e. The van der Waals surface area contributed by atoms with E-state index < -0.39 is 0 Å². The largest absolute Gasteiger partial charge is 0.313 e. The number of thiophene rings is 1. The molecule has 21 heavy (non-hydrogen) atoms. The molecule has 2 atom stereocenters. The van der Waals surface area contributed by atoms with Gasteiger partial charge in [-0.1, -0.05) is 26.3 Å². The Kier molecular flexibility index (Phi) is 6.27. The lowest BCUT2D eigenvalue weighted by molar-refractivity contribution is 0.141. The summed E-state index contributed by atoms with van der Waals surface area (Å²) in [5, 5.41) is 5.93. The molecule has 1 fully saturated rings. The average molecular weight is 309 g/mol. The number of nitrogens with one attached hydrogen (secondary N) is 1. The monoisotopic (exact) mass is 308 g/mol. The molecule has 0 bridgehead atoms. The first kappa shape index (κ1) is 17.0. The molecule has 0 amide bonds. The standard InChI is InChI=1S/C18H32N2S/c1-5-10-18(3,13-19-16-8-9-16)14-20(4)15(2)12-17-7-6-11-21-17/h6-7,11,15-16,19H,5,8-10,12-14H2,1-4H3. The van der Waals surface area contributed by atoms with Gasteiger partial charge in [0.2, 0.25) is 0 Å². The van der Waals surface area contributed by atoms with E-state index in [4.69, 9.17) is 0 Å². The second-order valence-corrected chi connectivity index (χ2v) is 8.30. The van der Waals surface area contributed by atoms with Crippen LogP contribution >= 0.6 is 11.3 Å². The molecule has 0 radical (unpaired) electrons. The fourth-order valence-corrected chi connectivity index (χ4v) is 3.97. The van der Waals surface area contributed by atoms with Crippen LogP contribution < -0.4 is 5.32 Å². The first-order chi connectivity index (χ1) is 10.0. The fourth-order valence-electron chi connectivity index (χ4n) is 3.14. The van der Waals surface area contributed by atoms with Crippen molar-refractivity contribution in [3.05, 3.63) is 22.4 Å². The number of rotatable bonds is 10. The van der Waals surface area contributed by atoms with E-state index in [-0.39, 0.29) is 0 Å². The summed E-state index contributed by atoms with van der Waals surface area (Å²) in [6.45, 7) is 9.49. The third kappa shape index (κ3) is 5.72. The Bertz CT molecular complexity index is 399. The Balaban J connectivity index is 1.84. The third-order valence-electron chi connectivity index (χ3n) is 4.71. The van der Waals surface area contributed by atoms with Crippen molar-refractivity contribution in [3.63, 3.8) is 0 Å². The first-order valence-corrected chi connectivity index (χ1v) is 9.36. The molecule has 2 nitrogen and oxygen atoms in total. The van der Waals surface area contributed by atoms with Crippen LogP contribution in [-0.4, -0.2) is 37.1 Å². The van der Waals surface area contributed by atoms with E-state index in [0.29, 0.717) is 11.5 Å². The molecule has 2 unspecified atom stereocenters. The summed E-state index contributed by atoms with van der Waals surface area (Å²) in [7, 11) is 2.29. The van der Waals surface area contributed by atoms with Crippen molar-refractivity contribution in [1.29, 1.82) is 0 Å². The predicted molar refractivity (Wildman–Crippen MR) is 94.2 cm³/mol. The molecule has 2 rings (SSSR count). The van der Waals surface area contributed by atoms with Crippen LogP contribution in [0.15, 0.2) is 17.5 Å². The summed E-state index contributed by atoms with van der Waals surface area (Å²) in [6, 6.07) is 5.85. The number of hydrogen-bond donors (Lipinski definition) is 1. The molecule has 1 aromatic heterocycles. The lowest BCUT2D eigenvalue weighted by atomic mass is 9.84. The van der Waals surface area contributed by atoms with Gasteiger partial charge in [0.05, 0.1) is 0 Å². The molecule has 1 aliphatic rings. The Morgan fingerprint density at radius 1 is 1.48 bits per heavy atom. The highest BCUT2D eigenvalue weighted by Gasteiger charge is 2.30. The number of likely N-dealkylation sites (N-methyl/N-ethyl adjacent to an activating group) is 1. The van der Waals surface area contributed by atoms with Gasteiger partial charge < -0.3 is 10.2 Å². The van der Waals surface area contributed by atoms with Crippen LogP contribution in [0, 0.1) is 5.41 Å². The molecular weight excluding hydrogens is 276 g/mol. The zero-order valence-electron chi connectivity index (χ0n) is 14.2. The fraction of sp³-hybridized carbons (Fsp3) is 0.778. The van der Waals surface area contributed by atoms with Gasteiger partial charge in [-0.2, -0.15) is 0 Å². The van der Waals surface area contributed by atoms with Gasteiger partial charge in [0, 0.05) is 30.1 Å². The molecule has 0 saturated heterocycles. The summed E-state index contributed by atoms with van der Waals surface area (Å²) in [5.74, 6) is 0. The molecule has 1 saturated carbocycles. The second kappa shape index (κ2) is 7.75. The maximum atomic E-state index is 3.75. The molecule has 1 heterocycles. The highest BCUT2D eigenvalue weighted by molar-refractivity contribution is 7.09. The maximum absolute atomic E-state index is 3.75. The minimum atomic E-state index is 0.399. The topological polar surface area (TPSA) is 15.3 Å². The summed E-state index contributed by atoms with van der Waals surface area (Å²) in [4.78, 5) is 4.06. The average Bonchev–Trinajstić information content (AvgIpc) is 3.13. The Hall–Kier alpha value is -0.380. The van der Waals surface area contributed by atoms with Crippen LogP contribution in [0.4, 0.5) is 0 Å². The highest BCUT2D eigenvalue weighted by atomic mass is 32.1. The third-order valence-corrected chi connectivity index (χ3v) is 5.61. The van der Waals surface area contributed by atoms with Gasteiger partial charge in [0.1, 0.15) is 0 Å². The van der Waals surface area contributed by atoms with E-state index in [1.54, 1.807) is 0 Å². The SMILES string of the molecule is CCCC(C)(CNC1CC1)CN(C)C(C)Cc1cccs1. The molecule has 0 aromatic carbocycles. The summed E-state index contributed by atoms with van der Waals surface area (Å²) < 4.78 is 0. The molecule has 1 aliphatic carbocycles. The van der Waals surface area contributed by atoms with Gasteiger partial charge in [0.15, 0.2) is 0 Å². The Morgan fingerprint density at radius 3 is 2.81 bits per heavy atom. The van der Waals surface area contributed by atoms with Crippen molar-refractivity contribution < 1.29 is 0 Å². The van der Waals surface area contributed by atoms with Crippen molar-refractivity contribution in [2.75, 3.05) is 20.1 Å². The van der Waals surface area contributed by atoms with Crippen molar-refractivity contribution in [1.82, 2.24) is 10.2 Å². The van der Waals surface area contributed by atoms with Crippen LogP contribution in [0.25, 0.3) is 0 Å². The van der Waals surface area contributed by atoms with Crippen LogP contribution in [0.5, 0.6) is 0 Å². The van der Waals surface area contributed by atoms with Gasteiger partial charge >= 0.3 is 0 Å². The lowest BCUT2D eigenvalue weighted by Crippen LogP contribution is -2.44. The summed E-state index contributed by atoms with van der Waals surface area (Å²) >= 11 is 1.88. The van der Waals surface area contributed by atoms with E-state index in [9.17, 15) is 0 Å². The van der Waals surface area contributed by atoms with E-state index in [0.717, 1.165) is 6.04 Å². The second-order valence-electron chi connectivity index (χ2n) is 7.26. The van der Waals surface area contributed by atoms with E-state index >= 15 is 0 Å². The summed E-state index contributed by atoms with van der Waals surface area (Å²) in [5.41, 5.74) is 0.399. The van der Waals surface area contributed by atoms with Crippen LogP contribution in [0.2, 0.25) is 0 Å². The van der Waals surface area contributed by atoms with Crippen molar-refractivity contribution in [2.24, 2.45) is 5.41 Å². The van der Waals surface area contributed by atoms with Gasteiger partial charge in [-0.05, 0) is 56.5 Å². The molecule has 0 spiro atoms. The van der Waals surface area contributed by atoms with Crippen LogP contribution in [0.1, 0.15) is 51.3 Å². The minimum absolute atomic E-state index is 0.399. The molecule has 1 N–H and O–H groups in total. The normalized spacial score (nSPS) is 19.7. The molecule has 1 aromatic rings. The van der Waals surface area contributed by atoms with E-state index in [1.165, 1.54) is 50.1 Å². The summed E-state index contributed by atoms with van der Waals surface area (Å²) in [6.07, 6.45) is 6.52. The highest BCUT2D eigenvalue weighted by Crippen LogP contribution is 2.27. The number of nitrogens with zero attached hydrogens (tertiary/aromatic N) is 1. The van der Waals surface area contributed by atoms with Crippen LogP contribution in [0.3, 0.4) is 0 Å². The van der Waals surface area contributed by atoms with Crippen molar-refractivity contribution in [2.45, 2.75) is 65.0 Å². The minimum Gasteiger partial charge on any atom is -0.313 e. The zero-order chi connectivity index (χ0) is 15.3. The van der Waals surface area contributed by atoms with Crippen molar-refractivity contribution >= 4 is 11.3 Å². The van der Waals surface area contributed by atoms with E-state index in [2.05, 4.69) is 55.5 Å². The predicted octanol–water partition coefficient (Wildman–Crippen LogP) is 4.17. The molecule has 120 valence electrons. The Labute approximate surface area is 134 Å². The Morgan fingerprint density at radius 2 is 2.24 bits per heavy atom. The van der Waals surface area contributed by atoms with Gasteiger partial charge in [-0.3, -0.25) is 0 Å². The molecular formula is C18H32N2S. The lowest BCUT2D eigenvalue weighted by Gasteiger charge is -2.37. The zero-order valence-corrected chi connectivity index (χ0v) is 15.0. The van der Waals surface area contributed by atoms with Gasteiger partial charge in [-0.25, -0.2) is 0 Å². The van der Waals surface area contributed by atoms with Gasteiger partial charge in [0.25, 0.3) is 0 Å². The number of hydrogen-bond acceptors (Lipinski definition) is 3. The smallest absolute Gasteiger partial charge is 0.0112 e. The van der Waals surface area contributed by atoms with Crippen LogP contribution in [-0.2, 0) is 6.42 Å². The molecule has 0 aliphatic heterocycles. The first-order valence-electron chi connectivity index (χ1n) is 8.48. The van der Waals surface area contributed by atoms with Crippen molar-refractivity contribution in [3.8, 4) is 0 Å². The molecule has 3 heteroatoms.